The molecule has 0 saturated carbocycles. The summed E-state index contributed by atoms with van der Waals surface area (Å²) in [4.78, 5) is 3.97. The van der Waals surface area contributed by atoms with Crippen LogP contribution in [0.4, 0.5) is 13.2 Å². The van der Waals surface area contributed by atoms with Gasteiger partial charge in [0, 0.05) is 41.9 Å². The number of aryl methyl sites for hydroxylation is 1. The molecule has 11 heteroatoms. The predicted molar refractivity (Wildman–Crippen MR) is 128 cm³/mol. The highest BCUT2D eigenvalue weighted by atomic mass is 19.4. The second-order valence-corrected chi connectivity index (χ2v) is 9.82. The second-order valence-electron chi connectivity index (χ2n) is 9.82. The van der Waals surface area contributed by atoms with Gasteiger partial charge in [-0.3, -0.25) is 5.10 Å². The summed E-state index contributed by atoms with van der Waals surface area (Å²) in [5.41, 5.74) is 1.74. The third-order valence-electron chi connectivity index (χ3n) is 6.67. The lowest BCUT2D eigenvalue weighted by Crippen LogP contribution is -2.49. The molecule has 0 radical (unpaired) electrons. The SMILES string of the molecule is CC(C)N[C@H](C)c1nc(C(F)(F)F)cc2c(-c3cccc(C4(Cc5nncn5C)COC4)c3)n[nH]c12. The van der Waals surface area contributed by atoms with Crippen LogP contribution in [0.25, 0.3) is 22.2 Å². The summed E-state index contributed by atoms with van der Waals surface area (Å²) < 4.78 is 48.9. The number of aromatic amines is 1. The Hall–Kier alpha value is -3.31. The smallest absolute Gasteiger partial charge is 0.379 e. The quantitative estimate of drug-likeness (QED) is 0.393. The third-order valence-corrected chi connectivity index (χ3v) is 6.67. The fraction of sp³-hybridized carbons (Fsp3) is 0.440. The number of H-pyrrole nitrogens is 1. The van der Waals surface area contributed by atoms with E-state index < -0.39 is 17.9 Å². The Balaban J connectivity index is 1.60. The van der Waals surface area contributed by atoms with Crippen LogP contribution in [0.5, 0.6) is 0 Å². The summed E-state index contributed by atoms with van der Waals surface area (Å²) in [5, 5.41) is 19.2. The molecule has 5 rings (SSSR count). The van der Waals surface area contributed by atoms with Gasteiger partial charge in [0.05, 0.1) is 24.4 Å². The molecular formula is C25H28F3N7O. The van der Waals surface area contributed by atoms with Crippen molar-refractivity contribution in [2.24, 2.45) is 7.05 Å². The van der Waals surface area contributed by atoms with Crippen LogP contribution in [-0.2, 0) is 29.8 Å². The minimum atomic E-state index is -4.58. The number of hydrogen-bond acceptors (Lipinski definition) is 6. The Bertz CT molecular complexity index is 1390. The summed E-state index contributed by atoms with van der Waals surface area (Å²) in [5.74, 6) is 0.839. The molecule has 1 aromatic carbocycles. The average molecular weight is 500 g/mol. The lowest BCUT2D eigenvalue weighted by molar-refractivity contribution is -0.141. The molecule has 4 heterocycles. The molecule has 1 fully saturated rings. The molecule has 3 aromatic heterocycles. The van der Waals surface area contributed by atoms with Crippen molar-refractivity contribution in [1.82, 2.24) is 35.3 Å². The minimum Gasteiger partial charge on any atom is -0.379 e. The number of nitrogens with one attached hydrogen (secondary N) is 2. The van der Waals surface area contributed by atoms with Crippen molar-refractivity contribution in [2.75, 3.05) is 13.2 Å². The van der Waals surface area contributed by atoms with E-state index in [4.69, 9.17) is 4.74 Å². The van der Waals surface area contributed by atoms with Crippen molar-refractivity contribution < 1.29 is 17.9 Å². The fourth-order valence-corrected chi connectivity index (χ4v) is 4.78. The zero-order valence-electron chi connectivity index (χ0n) is 20.5. The van der Waals surface area contributed by atoms with Crippen molar-refractivity contribution in [1.29, 1.82) is 0 Å². The molecule has 0 bridgehead atoms. The Labute approximate surface area is 206 Å². The highest BCUT2D eigenvalue weighted by Crippen LogP contribution is 2.39. The van der Waals surface area contributed by atoms with Crippen LogP contribution in [0.3, 0.4) is 0 Å². The van der Waals surface area contributed by atoms with Crippen LogP contribution in [0.15, 0.2) is 36.7 Å². The monoisotopic (exact) mass is 499 g/mol. The number of benzene rings is 1. The van der Waals surface area contributed by atoms with Crippen LogP contribution in [0, 0.1) is 0 Å². The molecule has 1 aliphatic heterocycles. The largest absolute Gasteiger partial charge is 0.433 e. The number of rotatable bonds is 7. The molecule has 1 aliphatic rings. The van der Waals surface area contributed by atoms with Gasteiger partial charge in [0.15, 0.2) is 0 Å². The Morgan fingerprint density at radius 2 is 1.97 bits per heavy atom. The van der Waals surface area contributed by atoms with Gasteiger partial charge in [0.25, 0.3) is 0 Å². The number of halogens is 3. The summed E-state index contributed by atoms with van der Waals surface area (Å²) in [6.45, 7) is 6.72. The van der Waals surface area contributed by atoms with E-state index >= 15 is 0 Å². The number of nitrogens with zero attached hydrogens (tertiary/aromatic N) is 5. The van der Waals surface area contributed by atoms with Gasteiger partial charge in [-0.25, -0.2) is 4.98 Å². The maximum Gasteiger partial charge on any atom is 0.433 e. The lowest BCUT2D eigenvalue weighted by Gasteiger charge is -2.41. The first-order valence-corrected chi connectivity index (χ1v) is 11.8. The molecule has 0 unspecified atom stereocenters. The standard InChI is InChI=1S/C25H28F3N7O/c1-14(2)30-15(3)21-23-18(9-19(31-21)25(26,27)28)22(33-34-23)16-6-5-7-17(8-16)24(11-36-12-24)10-20-32-29-13-35(20)4/h5-9,13-15,30H,10-12H2,1-4H3,(H,33,34)/t15-/m1/s1. The zero-order chi connectivity index (χ0) is 25.7. The van der Waals surface area contributed by atoms with Crippen LogP contribution < -0.4 is 5.32 Å². The second kappa shape index (κ2) is 8.97. The average Bonchev–Trinajstić information content (AvgIpc) is 3.40. The van der Waals surface area contributed by atoms with Crippen LogP contribution in [-0.4, -0.2) is 49.2 Å². The first-order chi connectivity index (χ1) is 17.1. The van der Waals surface area contributed by atoms with Gasteiger partial charge in [-0.2, -0.15) is 18.3 Å². The molecule has 36 heavy (non-hydrogen) atoms. The molecule has 2 N–H and O–H groups in total. The van der Waals surface area contributed by atoms with E-state index in [9.17, 15) is 13.2 Å². The molecule has 4 aromatic rings. The molecule has 0 amide bonds. The number of alkyl halides is 3. The van der Waals surface area contributed by atoms with Gasteiger partial charge >= 0.3 is 6.18 Å². The van der Waals surface area contributed by atoms with Crippen molar-refractivity contribution in [3.05, 3.63) is 59.4 Å². The van der Waals surface area contributed by atoms with E-state index in [1.54, 1.807) is 13.3 Å². The summed E-state index contributed by atoms with van der Waals surface area (Å²) in [6.07, 6.45) is -2.28. The van der Waals surface area contributed by atoms with Crippen LogP contribution >= 0.6 is 0 Å². The van der Waals surface area contributed by atoms with E-state index in [2.05, 4.69) is 30.7 Å². The molecule has 1 saturated heterocycles. The van der Waals surface area contributed by atoms with Gasteiger partial charge in [-0.1, -0.05) is 32.0 Å². The van der Waals surface area contributed by atoms with Crippen molar-refractivity contribution >= 4 is 10.9 Å². The molecule has 190 valence electrons. The van der Waals surface area contributed by atoms with Gasteiger partial charge < -0.3 is 14.6 Å². The lowest BCUT2D eigenvalue weighted by atomic mass is 9.75. The van der Waals surface area contributed by atoms with Crippen molar-refractivity contribution in [3.63, 3.8) is 0 Å². The third kappa shape index (κ3) is 4.37. The van der Waals surface area contributed by atoms with E-state index in [0.29, 0.717) is 36.2 Å². The van der Waals surface area contributed by atoms with E-state index in [1.165, 1.54) is 0 Å². The number of aromatic nitrogens is 6. The molecular weight excluding hydrogens is 471 g/mol. The fourth-order valence-electron chi connectivity index (χ4n) is 4.78. The number of fused-ring (bicyclic) bond motifs is 1. The molecule has 0 spiro atoms. The van der Waals surface area contributed by atoms with Gasteiger partial charge in [0.2, 0.25) is 0 Å². The summed E-state index contributed by atoms with van der Waals surface area (Å²) in [6, 6.07) is 8.50. The van der Waals surface area contributed by atoms with Crippen molar-refractivity contribution in [3.8, 4) is 11.3 Å². The first kappa shape index (κ1) is 24.4. The van der Waals surface area contributed by atoms with Gasteiger partial charge in [0.1, 0.15) is 23.5 Å². The topological polar surface area (TPSA) is 93.5 Å². The van der Waals surface area contributed by atoms with E-state index in [1.807, 2.05) is 49.7 Å². The predicted octanol–water partition coefficient (Wildman–Crippen LogP) is 4.34. The van der Waals surface area contributed by atoms with Gasteiger partial charge in [-0.15, -0.1) is 10.2 Å². The number of ether oxygens (including phenoxy) is 1. The maximum atomic E-state index is 13.8. The molecule has 8 nitrogen and oxygen atoms in total. The number of pyridine rings is 1. The van der Waals surface area contributed by atoms with Crippen LogP contribution in [0.2, 0.25) is 0 Å². The Morgan fingerprint density at radius 3 is 2.58 bits per heavy atom. The Morgan fingerprint density at radius 1 is 1.19 bits per heavy atom. The highest BCUT2D eigenvalue weighted by molar-refractivity contribution is 5.94. The Kier molecular flexibility index (Phi) is 6.08. The first-order valence-electron chi connectivity index (χ1n) is 11.8. The summed E-state index contributed by atoms with van der Waals surface area (Å²) >= 11 is 0. The van der Waals surface area contributed by atoms with E-state index in [-0.39, 0.29) is 17.2 Å². The van der Waals surface area contributed by atoms with Crippen molar-refractivity contribution in [2.45, 2.75) is 50.9 Å². The normalized spacial score (nSPS) is 16.4. The zero-order valence-corrected chi connectivity index (χ0v) is 20.5. The van der Waals surface area contributed by atoms with E-state index in [0.717, 1.165) is 23.0 Å². The molecule has 1 atom stereocenters. The van der Waals surface area contributed by atoms with Crippen LogP contribution in [0.1, 0.15) is 49.6 Å². The minimum absolute atomic E-state index is 0.0697. The molecule has 0 aliphatic carbocycles. The van der Waals surface area contributed by atoms with Gasteiger partial charge in [-0.05, 0) is 24.6 Å². The maximum absolute atomic E-state index is 13.8. The summed E-state index contributed by atoms with van der Waals surface area (Å²) in [7, 11) is 1.90. The number of hydrogen-bond donors (Lipinski definition) is 2. The highest BCUT2D eigenvalue weighted by Gasteiger charge is 2.42.